The van der Waals surface area contributed by atoms with Crippen LogP contribution >= 0.6 is 0 Å². The SMILES string of the molecule is CNc1cnccc1CCOC. The molecule has 0 unspecified atom stereocenters. The van der Waals surface area contributed by atoms with Gasteiger partial charge >= 0.3 is 0 Å². The molecule has 0 aromatic carbocycles. The molecule has 0 fully saturated rings. The van der Waals surface area contributed by atoms with Crippen LogP contribution in [-0.4, -0.2) is 25.7 Å². The summed E-state index contributed by atoms with van der Waals surface area (Å²) in [5.74, 6) is 0. The number of aromatic nitrogens is 1. The summed E-state index contributed by atoms with van der Waals surface area (Å²) in [5, 5.41) is 3.09. The minimum atomic E-state index is 0.749. The van der Waals surface area contributed by atoms with Crippen molar-refractivity contribution < 1.29 is 4.74 Å². The lowest BCUT2D eigenvalue weighted by atomic mass is 10.2. The van der Waals surface area contributed by atoms with Gasteiger partial charge < -0.3 is 10.1 Å². The van der Waals surface area contributed by atoms with E-state index in [0.717, 1.165) is 18.7 Å². The lowest BCUT2D eigenvalue weighted by Crippen LogP contribution is -2.00. The monoisotopic (exact) mass is 166 g/mol. The lowest BCUT2D eigenvalue weighted by Gasteiger charge is -2.06. The van der Waals surface area contributed by atoms with Crippen LogP contribution in [0.4, 0.5) is 5.69 Å². The molecule has 66 valence electrons. The molecule has 1 heterocycles. The molecular weight excluding hydrogens is 152 g/mol. The maximum absolute atomic E-state index is 5.00. The van der Waals surface area contributed by atoms with E-state index >= 15 is 0 Å². The molecule has 0 aliphatic heterocycles. The Morgan fingerprint density at radius 2 is 2.42 bits per heavy atom. The average molecular weight is 166 g/mol. The molecule has 0 saturated carbocycles. The highest BCUT2D eigenvalue weighted by Gasteiger charge is 1.98. The van der Waals surface area contributed by atoms with Crippen molar-refractivity contribution in [3.05, 3.63) is 24.0 Å². The number of rotatable bonds is 4. The average Bonchev–Trinajstić information content (AvgIpc) is 2.15. The highest BCUT2D eigenvalue weighted by Crippen LogP contribution is 2.12. The summed E-state index contributed by atoms with van der Waals surface area (Å²) in [7, 11) is 3.60. The summed E-state index contributed by atoms with van der Waals surface area (Å²) >= 11 is 0. The van der Waals surface area contributed by atoms with E-state index in [1.165, 1.54) is 5.56 Å². The topological polar surface area (TPSA) is 34.2 Å². The van der Waals surface area contributed by atoms with Crippen molar-refractivity contribution in [2.45, 2.75) is 6.42 Å². The Morgan fingerprint density at radius 3 is 3.08 bits per heavy atom. The van der Waals surface area contributed by atoms with Gasteiger partial charge in [0.2, 0.25) is 0 Å². The maximum Gasteiger partial charge on any atom is 0.0557 e. The molecule has 0 radical (unpaired) electrons. The maximum atomic E-state index is 5.00. The van der Waals surface area contributed by atoms with Crippen LogP contribution in [0.5, 0.6) is 0 Å². The van der Waals surface area contributed by atoms with Gasteiger partial charge in [-0.25, -0.2) is 0 Å². The van der Waals surface area contributed by atoms with Crippen LogP contribution in [0.3, 0.4) is 0 Å². The van der Waals surface area contributed by atoms with Gasteiger partial charge in [-0.15, -0.1) is 0 Å². The van der Waals surface area contributed by atoms with Crippen molar-refractivity contribution in [1.29, 1.82) is 0 Å². The molecule has 1 aromatic rings. The van der Waals surface area contributed by atoms with Crippen molar-refractivity contribution in [3.63, 3.8) is 0 Å². The predicted molar refractivity (Wildman–Crippen MR) is 49.4 cm³/mol. The Balaban J connectivity index is 2.68. The van der Waals surface area contributed by atoms with Crippen LogP contribution in [0.2, 0.25) is 0 Å². The molecule has 1 rings (SSSR count). The molecule has 3 heteroatoms. The third-order valence-electron chi connectivity index (χ3n) is 1.76. The molecule has 1 N–H and O–H groups in total. The van der Waals surface area contributed by atoms with E-state index < -0.39 is 0 Å². The van der Waals surface area contributed by atoms with Gasteiger partial charge in [0.15, 0.2) is 0 Å². The largest absolute Gasteiger partial charge is 0.387 e. The minimum Gasteiger partial charge on any atom is -0.387 e. The summed E-state index contributed by atoms with van der Waals surface area (Å²) in [6.45, 7) is 0.749. The molecule has 0 amide bonds. The van der Waals surface area contributed by atoms with Gasteiger partial charge in [-0.05, 0) is 18.1 Å². The molecule has 0 atom stereocenters. The van der Waals surface area contributed by atoms with Gasteiger partial charge in [0.25, 0.3) is 0 Å². The number of ether oxygens (including phenoxy) is 1. The van der Waals surface area contributed by atoms with Gasteiger partial charge in [0.1, 0.15) is 0 Å². The fraction of sp³-hybridized carbons (Fsp3) is 0.444. The molecule has 0 saturated heterocycles. The van der Waals surface area contributed by atoms with Crippen LogP contribution in [0, 0.1) is 0 Å². The fourth-order valence-corrected chi connectivity index (χ4v) is 1.08. The van der Waals surface area contributed by atoms with E-state index in [1.54, 1.807) is 13.3 Å². The number of nitrogens with one attached hydrogen (secondary N) is 1. The second-order valence-electron chi connectivity index (χ2n) is 2.53. The first kappa shape index (κ1) is 9.00. The van der Waals surface area contributed by atoms with Gasteiger partial charge in [0, 0.05) is 20.4 Å². The van der Waals surface area contributed by atoms with Crippen molar-refractivity contribution in [1.82, 2.24) is 4.98 Å². The van der Waals surface area contributed by atoms with E-state index in [2.05, 4.69) is 10.3 Å². The van der Waals surface area contributed by atoms with E-state index in [0.29, 0.717) is 0 Å². The van der Waals surface area contributed by atoms with Crippen LogP contribution in [0.1, 0.15) is 5.56 Å². The van der Waals surface area contributed by atoms with Gasteiger partial charge in [-0.2, -0.15) is 0 Å². The molecule has 1 aromatic heterocycles. The number of hydrogen-bond donors (Lipinski definition) is 1. The molecule has 12 heavy (non-hydrogen) atoms. The Hall–Kier alpha value is -1.09. The van der Waals surface area contributed by atoms with Crippen molar-refractivity contribution >= 4 is 5.69 Å². The summed E-state index contributed by atoms with van der Waals surface area (Å²) in [6, 6.07) is 2.00. The molecule has 0 aliphatic rings. The summed E-state index contributed by atoms with van der Waals surface area (Å²) in [4.78, 5) is 4.02. The zero-order valence-electron chi connectivity index (χ0n) is 7.50. The third kappa shape index (κ3) is 2.20. The van der Waals surface area contributed by atoms with Crippen LogP contribution < -0.4 is 5.32 Å². The van der Waals surface area contributed by atoms with Crippen molar-refractivity contribution in [2.24, 2.45) is 0 Å². The Labute approximate surface area is 72.8 Å². The smallest absolute Gasteiger partial charge is 0.0557 e. The standard InChI is InChI=1S/C9H14N2O/c1-10-9-7-11-5-3-8(9)4-6-12-2/h3,5,7,10H,4,6H2,1-2H3. The van der Waals surface area contributed by atoms with Crippen LogP contribution in [0.15, 0.2) is 18.5 Å². The van der Waals surface area contributed by atoms with E-state index in [-0.39, 0.29) is 0 Å². The Kier molecular flexibility index (Phi) is 3.54. The van der Waals surface area contributed by atoms with Crippen molar-refractivity contribution in [2.75, 3.05) is 26.1 Å². The first-order valence-corrected chi connectivity index (χ1v) is 3.98. The van der Waals surface area contributed by atoms with Gasteiger partial charge in [-0.1, -0.05) is 0 Å². The molecule has 3 nitrogen and oxygen atoms in total. The minimum absolute atomic E-state index is 0.749. The van der Waals surface area contributed by atoms with E-state index in [4.69, 9.17) is 4.74 Å². The van der Waals surface area contributed by atoms with Gasteiger partial charge in [-0.3, -0.25) is 4.98 Å². The zero-order chi connectivity index (χ0) is 8.81. The second kappa shape index (κ2) is 4.72. The fourth-order valence-electron chi connectivity index (χ4n) is 1.08. The zero-order valence-corrected chi connectivity index (χ0v) is 7.50. The van der Waals surface area contributed by atoms with E-state index in [9.17, 15) is 0 Å². The third-order valence-corrected chi connectivity index (χ3v) is 1.76. The normalized spacial score (nSPS) is 9.83. The van der Waals surface area contributed by atoms with Crippen LogP contribution in [-0.2, 0) is 11.2 Å². The van der Waals surface area contributed by atoms with Crippen molar-refractivity contribution in [3.8, 4) is 0 Å². The second-order valence-corrected chi connectivity index (χ2v) is 2.53. The number of pyridine rings is 1. The quantitative estimate of drug-likeness (QED) is 0.732. The highest BCUT2D eigenvalue weighted by atomic mass is 16.5. The first-order chi connectivity index (χ1) is 5.88. The highest BCUT2D eigenvalue weighted by molar-refractivity contribution is 5.48. The first-order valence-electron chi connectivity index (χ1n) is 3.98. The summed E-state index contributed by atoms with van der Waals surface area (Å²) < 4.78 is 5.00. The Morgan fingerprint density at radius 1 is 1.58 bits per heavy atom. The molecule has 0 spiro atoms. The number of methoxy groups -OCH3 is 1. The van der Waals surface area contributed by atoms with E-state index in [1.807, 2.05) is 19.3 Å². The molecule has 0 aliphatic carbocycles. The van der Waals surface area contributed by atoms with Gasteiger partial charge in [0.05, 0.1) is 18.5 Å². The number of hydrogen-bond acceptors (Lipinski definition) is 3. The summed E-state index contributed by atoms with van der Waals surface area (Å²) in [5.41, 5.74) is 2.32. The Bertz CT molecular complexity index is 238. The predicted octanol–water partition coefficient (Wildman–Crippen LogP) is 1.31. The molecular formula is C9H14N2O. The summed E-state index contributed by atoms with van der Waals surface area (Å²) in [6.07, 6.45) is 4.55. The lowest BCUT2D eigenvalue weighted by molar-refractivity contribution is 0.202. The number of anilines is 1. The molecule has 0 bridgehead atoms. The van der Waals surface area contributed by atoms with Crippen LogP contribution in [0.25, 0.3) is 0 Å². The number of nitrogens with zero attached hydrogens (tertiary/aromatic N) is 1.